The summed E-state index contributed by atoms with van der Waals surface area (Å²) in [4.78, 5) is 0. The molecule has 29 heavy (non-hydrogen) atoms. The maximum Gasteiger partial charge on any atom is 0.121 e. The van der Waals surface area contributed by atoms with Crippen LogP contribution in [0.1, 0.15) is 45.0 Å². The average Bonchev–Trinajstić information content (AvgIpc) is 2.70. The minimum absolute atomic E-state index is 0.164. The third-order valence-electron chi connectivity index (χ3n) is 5.50. The SMILES string of the molecule is Cc1cc(C(c2cc(C)c(O)c(C)c2)c2cc3ccccc3nn2)cc(C)c1O. The Morgan fingerprint density at radius 3 is 1.66 bits per heavy atom. The fourth-order valence-corrected chi connectivity index (χ4v) is 3.99. The van der Waals surface area contributed by atoms with Crippen LogP contribution >= 0.6 is 0 Å². The molecule has 4 nitrogen and oxygen atoms in total. The highest BCUT2D eigenvalue weighted by Gasteiger charge is 2.22. The first-order chi connectivity index (χ1) is 13.8. The van der Waals surface area contributed by atoms with Crippen molar-refractivity contribution in [1.82, 2.24) is 10.2 Å². The van der Waals surface area contributed by atoms with E-state index in [1.54, 1.807) is 0 Å². The number of fused-ring (bicyclic) bond motifs is 1. The van der Waals surface area contributed by atoms with Crippen LogP contribution in [0, 0.1) is 27.7 Å². The Labute approximate surface area is 170 Å². The zero-order valence-electron chi connectivity index (χ0n) is 17.1. The fraction of sp³-hybridized carbons (Fsp3) is 0.200. The van der Waals surface area contributed by atoms with Gasteiger partial charge in [-0.15, -0.1) is 0 Å². The van der Waals surface area contributed by atoms with Crippen molar-refractivity contribution in [3.63, 3.8) is 0 Å². The smallest absolute Gasteiger partial charge is 0.121 e. The summed E-state index contributed by atoms with van der Waals surface area (Å²) in [5.41, 5.74) is 7.05. The van der Waals surface area contributed by atoms with Gasteiger partial charge < -0.3 is 10.2 Å². The molecule has 0 atom stereocenters. The predicted molar refractivity (Wildman–Crippen MR) is 116 cm³/mol. The molecule has 4 rings (SSSR count). The number of benzene rings is 3. The molecule has 3 aromatic carbocycles. The molecule has 0 amide bonds. The molecule has 2 N–H and O–H groups in total. The molecule has 0 aliphatic carbocycles. The van der Waals surface area contributed by atoms with Gasteiger partial charge in [-0.05, 0) is 73.2 Å². The molecule has 1 heterocycles. The number of aryl methyl sites for hydroxylation is 4. The summed E-state index contributed by atoms with van der Waals surface area (Å²) >= 11 is 0. The monoisotopic (exact) mass is 384 g/mol. The summed E-state index contributed by atoms with van der Waals surface area (Å²) in [6, 6.07) is 18.0. The van der Waals surface area contributed by atoms with Crippen molar-refractivity contribution in [2.45, 2.75) is 33.6 Å². The molecule has 0 aliphatic rings. The number of aromatic hydroxyl groups is 2. The van der Waals surface area contributed by atoms with Gasteiger partial charge in [0.25, 0.3) is 0 Å². The number of nitrogens with zero attached hydrogens (tertiary/aromatic N) is 2. The number of phenols is 2. The van der Waals surface area contributed by atoms with E-state index in [4.69, 9.17) is 0 Å². The summed E-state index contributed by atoms with van der Waals surface area (Å²) < 4.78 is 0. The molecule has 0 fully saturated rings. The van der Waals surface area contributed by atoms with E-state index in [1.165, 1.54) is 0 Å². The van der Waals surface area contributed by atoms with Gasteiger partial charge in [0.15, 0.2) is 0 Å². The van der Waals surface area contributed by atoms with E-state index in [-0.39, 0.29) is 5.92 Å². The first-order valence-corrected chi connectivity index (χ1v) is 9.67. The topological polar surface area (TPSA) is 66.2 Å². The second-order valence-corrected chi connectivity index (χ2v) is 7.77. The van der Waals surface area contributed by atoms with Crippen LogP contribution in [0.15, 0.2) is 54.6 Å². The van der Waals surface area contributed by atoms with Gasteiger partial charge >= 0.3 is 0 Å². The van der Waals surface area contributed by atoms with E-state index < -0.39 is 0 Å². The van der Waals surface area contributed by atoms with Crippen molar-refractivity contribution in [1.29, 1.82) is 0 Å². The molecule has 0 saturated heterocycles. The Morgan fingerprint density at radius 1 is 0.655 bits per heavy atom. The van der Waals surface area contributed by atoms with E-state index in [0.29, 0.717) is 11.5 Å². The standard InChI is InChI=1S/C25H24N2O2/c1-14-9-19(10-15(2)24(14)28)23(20-11-16(3)25(29)17(4)12-20)22-13-18-7-5-6-8-21(18)26-27-22/h5-13,23,28-29H,1-4H3. The van der Waals surface area contributed by atoms with Crippen molar-refractivity contribution in [2.75, 3.05) is 0 Å². The Kier molecular flexibility index (Phi) is 4.71. The van der Waals surface area contributed by atoms with E-state index in [2.05, 4.69) is 16.3 Å². The van der Waals surface area contributed by atoms with Gasteiger partial charge in [0.1, 0.15) is 11.5 Å². The molecule has 0 spiro atoms. The lowest BCUT2D eigenvalue weighted by molar-refractivity contribution is 0.466. The Bertz CT molecular complexity index is 1130. The molecule has 0 saturated carbocycles. The first-order valence-electron chi connectivity index (χ1n) is 9.67. The minimum Gasteiger partial charge on any atom is -0.507 e. The number of hydrogen-bond donors (Lipinski definition) is 2. The zero-order chi connectivity index (χ0) is 20.7. The molecule has 0 aliphatic heterocycles. The van der Waals surface area contributed by atoms with Crippen molar-refractivity contribution in [3.05, 3.63) is 93.7 Å². The first kappa shape index (κ1) is 18.9. The molecule has 0 bridgehead atoms. The molecular formula is C25H24N2O2. The van der Waals surface area contributed by atoms with Crippen LogP contribution in [0.25, 0.3) is 10.9 Å². The van der Waals surface area contributed by atoms with Crippen LogP contribution in [0.5, 0.6) is 11.5 Å². The molecule has 146 valence electrons. The lowest BCUT2D eigenvalue weighted by Crippen LogP contribution is -2.08. The third-order valence-corrected chi connectivity index (χ3v) is 5.50. The summed E-state index contributed by atoms with van der Waals surface area (Å²) in [6.45, 7) is 7.62. The predicted octanol–water partition coefficient (Wildman–Crippen LogP) is 5.45. The summed E-state index contributed by atoms with van der Waals surface area (Å²) in [6.07, 6.45) is 0. The summed E-state index contributed by atoms with van der Waals surface area (Å²) in [5, 5.41) is 30.5. The summed E-state index contributed by atoms with van der Waals surface area (Å²) in [7, 11) is 0. The second kappa shape index (κ2) is 7.21. The molecule has 4 aromatic rings. The van der Waals surface area contributed by atoms with Crippen LogP contribution in [-0.4, -0.2) is 20.4 Å². The van der Waals surface area contributed by atoms with Crippen LogP contribution < -0.4 is 0 Å². The van der Waals surface area contributed by atoms with Crippen LogP contribution in [-0.2, 0) is 0 Å². The van der Waals surface area contributed by atoms with E-state index in [0.717, 1.165) is 50.0 Å². The molecule has 4 heteroatoms. The van der Waals surface area contributed by atoms with Gasteiger partial charge in [0.05, 0.1) is 17.1 Å². The van der Waals surface area contributed by atoms with Gasteiger partial charge in [-0.3, -0.25) is 0 Å². The van der Waals surface area contributed by atoms with E-state index in [9.17, 15) is 10.2 Å². The quantitative estimate of drug-likeness (QED) is 0.492. The average molecular weight is 384 g/mol. The maximum atomic E-state index is 10.3. The molecule has 0 unspecified atom stereocenters. The molecule has 0 radical (unpaired) electrons. The maximum absolute atomic E-state index is 10.3. The molecule has 1 aromatic heterocycles. The highest BCUT2D eigenvalue weighted by Crippen LogP contribution is 2.37. The van der Waals surface area contributed by atoms with Gasteiger partial charge in [0.2, 0.25) is 0 Å². The van der Waals surface area contributed by atoms with Crippen LogP contribution in [0.4, 0.5) is 0 Å². The third kappa shape index (κ3) is 3.42. The van der Waals surface area contributed by atoms with Gasteiger partial charge in [-0.1, -0.05) is 42.5 Å². The van der Waals surface area contributed by atoms with Gasteiger partial charge in [-0.2, -0.15) is 10.2 Å². The Hall–Kier alpha value is -3.40. The summed E-state index contributed by atoms with van der Waals surface area (Å²) in [5.74, 6) is 0.466. The zero-order valence-corrected chi connectivity index (χ0v) is 17.1. The fourth-order valence-electron chi connectivity index (χ4n) is 3.99. The van der Waals surface area contributed by atoms with Gasteiger partial charge in [0, 0.05) is 5.39 Å². The second-order valence-electron chi connectivity index (χ2n) is 7.77. The highest BCUT2D eigenvalue weighted by molar-refractivity contribution is 5.78. The van der Waals surface area contributed by atoms with Gasteiger partial charge in [-0.25, -0.2) is 0 Å². The lowest BCUT2D eigenvalue weighted by Gasteiger charge is -2.21. The van der Waals surface area contributed by atoms with Crippen LogP contribution in [0.2, 0.25) is 0 Å². The highest BCUT2D eigenvalue weighted by atomic mass is 16.3. The van der Waals surface area contributed by atoms with Crippen molar-refractivity contribution in [2.24, 2.45) is 0 Å². The van der Waals surface area contributed by atoms with E-state index >= 15 is 0 Å². The van der Waals surface area contributed by atoms with E-state index in [1.807, 2.05) is 76.2 Å². The van der Waals surface area contributed by atoms with Crippen LogP contribution in [0.3, 0.4) is 0 Å². The number of phenolic OH excluding ortho intramolecular Hbond substituents is 2. The molecular weight excluding hydrogens is 360 g/mol. The lowest BCUT2D eigenvalue weighted by atomic mass is 9.84. The Morgan fingerprint density at radius 2 is 1.14 bits per heavy atom. The minimum atomic E-state index is -0.164. The van der Waals surface area contributed by atoms with Crippen molar-refractivity contribution >= 4 is 10.9 Å². The largest absolute Gasteiger partial charge is 0.507 e. The number of hydrogen-bond acceptors (Lipinski definition) is 4. The normalized spacial score (nSPS) is 11.3. The van der Waals surface area contributed by atoms with Crippen molar-refractivity contribution in [3.8, 4) is 11.5 Å². The Balaban J connectivity index is 1.98. The number of aromatic nitrogens is 2. The van der Waals surface area contributed by atoms with Crippen molar-refractivity contribution < 1.29 is 10.2 Å². The number of rotatable bonds is 3.